The zero-order valence-corrected chi connectivity index (χ0v) is 12.3. The van der Waals surface area contributed by atoms with Gasteiger partial charge in [-0.1, -0.05) is 0 Å². The van der Waals surface area contributed by atoms with Gasteiger partial charge in [0.25, 0.3) is 0 Å². The van der Waals surface area contributed by atoms with Crippen LogP contribution in [0.5, 0.6) is 0 Å². The summed E-state index contributed by atoms with van der Waals surface area (Å²) in [4.78, 5) is 16.4. The Morgan fingerprint density at radius 2 is 2.10 bits per heavy atom. The molecule has 0 radical (unpaired) electrons. The van der Waals surface area contributed by atoms with Crippen molar-refractivity contribution in [2.75, 3.05) is 13.7 Å². The summed E-state index contributed by atoms with van der Waals surface area (Å²) in [5, 5.41) is 0. The van der Waals surface area contributed by atoms with Gasteiger partial charge in [-0.15, -0.1) is 0 Å². The average molecular weight is 276 g/mol. The average Bonchev–Trinajstić information content (AvgIpc) is 2.76. The van der Waals surface area contributed by atoms with Gasteiger partial charge < -0.3 is 14.0 Å². The van der Waals surface area contributed by atoms with Gasteiger partial charge in [-0.2, -0.15) is 0 Å². The number of benzene rings is 1. The van der Waals surface area contributed by atoms with Crippen molar-refractivity contribution >= 4 is 17.0 Å². The van der Waals surface area contributed by atoms with Gasteiger partial charge in [-0.25, -0.2) is 9.78 Å². The minimum atomic E-state index is -0.498. The van der Waals surface area contributed by atoms with E-state index in [2.05, 4.69) is 4.98 Å². The fourth-order valence-electron chi connectivity index (χ4n) is 1.89. The van der Waals surface area contributed by atoms with Crippen molar-refractivity contribution in [2.24, 2.45) is 0 Å². The van der Waals surface area contributed by atoms with Crippen LogP contribution in [0.3, 0.4) is 0 Å². The number of nitrogens with zero attached hydrogens (tertiary/aromatic N) is 2. The van der Waals surface area contributed by atoms with Crippen molar-refractivity contribution in [1.29, 1.82) is 0 Å². The van der Waals surface area contributed by atoms with Crippen molar-refractivity contribution in [3.8, 4) is 0 Å². The molecule has 2 aromatic rings. The number of imidazole rings is 1. The highest BCUT2D eigenvalue weighted by Crippen LogP contribution is 2.18. The quantitative estimate of drug-likeness (QED) is 0.806. The smallest absolute Gasteiger partial charge is 0.338 e. The van der Waals surface area contributed by atoms with Crippen LogP contribution in [0.4, 0.5) is 0 Å². The zero-order valence-electron chi connectivity index (χ0n) is 12.3. The van der Waals surface area contributed by atoms with Gasteiger partial charge in [0.15, 0.2) is 0 Å². The minimum Gasteiger partial charge on any atom is -0.456 e. The molecule has 0 bridgehead atoms. The molecule has 5 heteroatoms. The van der Waals surface area contributed by atoms with Crippen LogP contribution < -0.4 is 0 Å². The summed E-state index contributed by atoms with van der Waals surface area (Å²) in [6.45, 7) is 6.86. The SMILES string of the molecule is COCCn1cnc2ccc(C(=O)OC(C)(C)C)cc21. The minimum absolute atomic E-state index is 0.320. The Morgan fingerprint density at radius 3 is 2.75 bits per heavy atom. The Kier molecular flexibility index (Phi) is 4.09. The van der Waals surface area contributed by atoms with E-state index in [0.717, 1.165) is 11.0 Å². The third kappa shape index (κ3) is 3.36. The standard InChI is InChI=1S/C15H20N2O3/c1-15(2,3)20-14(18)11-5-6-12-13(9-11)17(10-16-12)7-8-19-4/h5-6,9-10H,7-8H2,1-4H3. The maximum Gasteiger partial charge on any atom is 0.338 e. The Balaban J connectivity index is 2.29. The Morgan fingerprint density at radius 1 is 1.35 bits per heavy atom. The van der Waals surface area contributed by atoms with E-state index in [1.54, 1.807) is 19.5 Å². The fraction of sp³-hybridized carbons (Fsp3) is 0.467. The molecule has 20 heavy (non-hydrogen) atoms. The van der Waals surface area contributed by atoms with Gasteiger partial charge in [0.05, 0.1) is 29.5 Å². The molecule has 5 nitrogen and oxygen atoms in total. The zero-order chi connectivity index (χ0) is 14.8. The molecule has 0 saturated heterocycles. The third-order valence-electron chi connectivity index (χ3n) is 2.79. The van der Waals surface area contributed by atoms with Crippen LogP contribution in [-0.2, 0) is 16.0 Å². The first-order chi connectivity index (χ1) is 9.40. The van der Waals surface area contributed by atoms with Crippen LogP contribution in [0, 0.1) is 0 Å². The molecular formula is C15H20N2O3. The van der Waals surface area contributed by atoms with E-state index in [0.29, 0.717) is 18.7 Å². The fourth-order valence-corrected chi connectivity index (χ4v) is 1.89. The second-order valence-corrected chi connectivity index (χ2v) is 5.64. The molecule has 0 amide bonds. The van der Waals surface area contributed by atoms with Gasteiger partial charge in [0.2, 0.25) is 0 Å². The number of carbonyl (C=O) groups excluding carboxylic acids is 1. The lowest BCUT2D eigenvalue weighted by molar-refractivity contribution is 0.00697. The molecule has 0 aliphatic rings. The molecule has 0 unspecified atom stereocenters. The number of carbonyl (C=O) groups is 1. The van der Waals surface area contributed by atoms with E-state index in [-0.39, 0.29) is 5.97 Å². The first kappa shape index (κ1) is 14.5. The van der Waals surface area contributed by atoms with Crippen LogP contribution in [0.2, 0.25) is 0 Å². The van der Waals surface area contributed by atoms with E-state index in [1.165, 1.54) is 0 Å². The van der Waals surface area contributed by atoms with Crippen LogP contribution in [0.1, 0.15) is 31.1 Å². The molecule has 1 heterocycles. The van der Waals surface area contributed by atoms with E-state index < -0.39 is 5.60 Å². The van der Waals surface area contributed by atoms with E-state index >= 15 is 0 Å². The molecule has 2 rings (SSSR count). The van der Waals surface area contributed by atoms with Crippen molar-refractivity contribution in [1.82, 2.24) is 9.55 Å². The first-order valence-electron chi connectivity index (χ1n) is 6.58. The number of hydrogen-bond donors (Lipinski definition) is 0. The Labute approximate surface area is 118 Å². The van der Waals surface area contributed by atoms with Gasteiger partial charge in [-0.05, 0) is 39.0 Å². The van der Waals surface area contributed by atoms with Crippen molar-refractivity contribution in [3.05, 3.63) is 30.1 Å². The van der Waals surface area contributed by atoms with E-state index in [9.17, 15) is 4.79 Å². The summed E-state index contributed by atoms with van der Waals surface area (Å²) in [5.74, 6) is -0.320. The maximum atomic E-state index is 12.1. The molecule has 0 saturated carbocycles. The third-order valence-corrected chi connectivity index (χ3v) is 2.79. The van der Waals surface area contributed by atoms with Crippen molar-refractivity contribution in [2.45, 2.75) is 32.9 Å². The second-order valence-electron chi connectivity index (χ2n) is 5.64. The number of esters is 1. The topological polar surface area (TPSA) is 53.4 Å². The first-order valence-corrected chi connectivity index (χ1v) is 6.58. The highest BCUT2D eigenvalue weighted by molar-refractivity contribution is 5.93. The molecular weight excluding hydrogens is 256 g/mol. The highest BCUT2D eigenvalue weighted by Gasteiger charge is 2.18. The highest BCUT2D eigenvalue weighted by atomic mass is 16.6. The summed E-state index contributed by atoms with van der Waals surface area (Å²) < 4.78 is 12.4. The number of ether oxygens (including phenoxy) is 2. The predicted molar refractivity (Wildman–Crippen MR) is 76.8 cm³/mol. The summed E-state index contributed by atoms with van der Waals surface area (Å²) in [5.41, 5.74) is 1.80. The molecule has 0 fully saturated rings. The molecule has 0 aliphatic heterocycles. The van der Waals surface area contributed by atoms with Crippen LogP contribution >= 0.6 is 0 Å². The van der Waals surface area contributed by atoms with E-state index in [4.69, 9.17) is 9.47 Å². The lowest BCUT2D eigenvalue weighted by Crippen LogP contribution is -2.23. The summed E-state index contributed by atoms with van der Waals surface area (Å²) >= 11 is 0. The van der Waals surface area contributed by atoms with Crippen LogP contribution in [0.25, 0.3) is 11.0 Å². The molecule has 0 spiro atoms. The molecule has 1 aromatic heterocycles. The largest absolute Gasteiger partial charge is 0.456 e. The van der Waals surface area contributed by atoms with E-state index in [1.807, 2.05) is 37.5 Å². The number of aromatic nitrogens is 2. The molecule has 108 valence electrons. The van der Waals surface area contributed by atoms with Crippen molar-refractivity contribution in [3.63, 3.8) is 0 Å². The number of hydrogen-bond acceptors (Lipinski definition) is 4. The molecule has 0 atom stereocenters. The normalized spacial score (nSPS) is 11.8. The van der Waals surface area contributed by atoms with Gasteiger partial charge in [-0.3, -0.25) is 0 Å². The number of fused-ring (bicyclic) bond motifs is 1. The maximum absolute atomic E-state index is 12.1. The number of rotatable bonds is 4. The summed E-state index contributed by atoms with van der Waals surface area (Å²) in [7, 11) is 1.66. The molecule has 1 aromatic carbocycles. The summed E-state index contributed by atoms with van der Waals surface area (Å²) in [6.07, 6.45) is 1.75. The predicted octanol–water partition coefficient (Wildman–Crippen LogP) is 2.64. The Bertz CT molecular complexity index is 611. The lowest BCUT2D eigenvalue weighted by atomic mass is 10.1. The van der Waals surface area contributed by atoms with Gasteiger partial charge >= 0.3 is 5.97 Å². The summed E-state index contributed by atoms with van der Waals surface area (Å²) in [6, 6.07) is 5.38. The lowest BCUT2D eigenvalue weighted by Gasteiger charge is -2.19. The van der Waals surface area contributed by atoms with Gasteiger partial charge in [0.1, 0.15) is 5.60 Å². The molecule has 0 aliphatic carbocycles. The van der Waals surface area contributed by atoms with Gasteiger partial charge in [0, 0.05) is 13.7 Å². The monoisotopic (exact) mass is 276 g/mol. The van der Waals surface area contributed by atoms with Crippen LogP contribution in [0.15, 0.2) is 24.5 Å². The Hall–Kier alpha value is -1.88. The number of methoxy groups -OCH3 is 1. The molecule has 0 N–H and O–H groups in total. The second kappa shape index (κ2) is 5.63. The van der Waals surface area contributed by atoms with Crippen LogP contribution in [-0.4, -0.2) is 34.8 Å². The van der Waals surface area contributed by atoms with Crippen molar-refractivity contribution < 1.29 is 14.3 Å².